The molecular weight excluding hydrogens is 284 g/mol. The number of benzene rings is 1. The van der Waals surface area contributed by atoms with E-state index in [2.05, 4.69) is 12.2 Å². The summed E-state index contributed by atoms with van der Waals surface area (Å²) in [6, 6.07) is 7.25. The van der Waals surface area contributed by atoms with Crippen LogP contribution in [-0.2, 0) is 16.6 Å². The molecule has 0 radical (unpaired) electrons. The summed E-state index contributed by atoms with van der Waals surface area (Å²) in [5, 5.41) is 3.28. The van der Waals surface area contributed by atoms with Gasteiger partial charge in [-0.3, -0.25) is 0 Å². The lowest BCUT2D eigenvalue weighted by Gasteiger charge is -2.26. The Morgan fingerprint density at radius 1 is 1.14 bits per heavy atom. The summed E-state index contributed by atoms with van der Waals surface area (Å²) in [5.41, 5.74) is 0.840. The quantitative estimate of drug-likeness (QED) is 0.713. The van der Waals surface area contributed by atoms with Gasteiger partial charge in [-0.15, -0.1) is 0 Å². The van der Waals surface area contributed by atoms with Crippen molar-refractivity contribution in [2.45, 2.75) is 58.0 Å². The van der Waals surface area contributed by atoms with Crippen LogP contribution in [0, 0.1) is 0 Å². The van der Waals surface area contributed by atoms with E-state index in [9.17, 15) is 8.42 Å². The molecule has 0 aliphatic heterocycles. The molecule has 0 spiro atoms. The van der Waals surface area contributed by atoms with E-state index in [-0.39, 0.29) is 6.04 Å². The summed E-state index contributed by atoms with van der Waals surface area (Å²) in [5.74, 6) is 0. The summed E-state index contributed by atoms with van der Waals surface area (Å²) >= 11 is 0. The Balaban J connectivity index is 3.12. The molecule has 1 rings (SSSR count). The molecule has 1 aromatic carbocycles. The summed E-state index contributed by atoms with van der Waals surface area (Å²) < 4.78 is 27.4. The fraction of sp³-hybridized carbons (Fsp3) is 0.625. The van der Waals surface area contributed by atoms with Gasteiger partial charge in [0.25, 0.3) is 0 Å². The summed E-state index contributed by atoms with van der Waals surface area (Å²) in [4.78, 5) is 0.427. The van der Waals surface area contributed by atoms with E-state index in [1.807, 2.05) is 32.9 Å². The van der Waals surface area contributed by atoms with Crippen LogP contribution in [0.3, 0.4) is 0 Å². The number of sulfonamides is 1. The van der Waals surface area contributed by atoms with Gasteiger partial charge in [-0.25, -0.2) is 8.42 Å². The van der Waals surface area contributed by atoms with Gasteiger partial charge < -0.3 is 5.32 Å². The molecule has 21 heavy (non-hydrogen) atoms. The van der Waals surface area contributed by atoms with E-state index >= 15 is 0 Å². The van der Waals surface area contributed by atoms with Crippen molar-refractivity contribution in [2.24, 2.45) is 0 Å². The molecule has 0 atom stereocenters. The van der Waals surface area contributed by atoms with Gasteiger partial charge in [-0.1, -0.05) is 32.0 Å². The van der Waals surface area contributed by atoms with Crippen molar-refractivity contribution >= 4 is 10.0 Å². The van der Waals surface area contributed by atoms with Crippen molar-refractivity contribution in [3.63, 3.8) is 0 Å². The zero-order valence-electron chi connectivity index (χ0n) is 13.6. The maximum absolute atomic E-state index is 12.9. The zero-order valence-corrected chi connectivity index (χ0v) is 14.4. The van der Waals surface area contributed by atoms with Crippen LogP contribution < -0.4 is 5.32 Å². The lowest BCUT2D eigenvalue weighted by molar-refractivity contribution is 0.353. The predicted octanol–water partition coefficient (Wildman–Crippen LogP) is 3.00. The molecule has 0 aliphatic rings. The molecule has 0 amide bonds. The average molecular weight is 312 g/mol. The number of hydrogen-bond donors (Lipinski definition) is 1. The second-order valence-electron chi connectivity index (χ2n) is 5.49. The van der Waals surface area contributed by atoms with Crippen LogP contribution in [0.25, 0.3) is 0 Å². The van der Waals surface area contributed by atoms with E-state index in [0.29, 0.717) is 18.0 Å². The molecule has 0 aromatic heterocycles. The standard InChI is InChI=1S/C16H28N2O2S/c1-5-11-17-13-15-9-7-8-10-16(15)21(19,20)18(12-6-2)14(3)4/h7-10,14,17H,5-6,11-13H2,1-4H3. The Hall–Kier alpha value is -0.910. The molecule has 5 heteroatoms. The molecule has 0 unspecified atom stereocenters. The van der Waals surface area contributed by atoms with E-state index in [0.717, 1.165) is 24.9 Å². The largest absolute Gasteiger partial charge is 0.313 e. The van der Waals surface area contributed by atoms with Gasteiger partial charge in [0.05, 0.1) is 4.90 Å². The van der Waals surface area contributed by atoms with E-state index < -0.39 is 10.0 Å². The Morgan fingerprint density at radius 3 is 2.38 bits per heavy atom. The SMILES string of the molecule is CCCNCc1ccccc1S(=O)(=O)N(CCC)C(C)C. The third-order valence-electron chi connectivity index (χ3n) is 3.32. The number of nitrogens with one attached hydrogen (secondary N) is 1. The van der Waals surface area contributed by atoms with Crippen LogP contribution >= 0.6 is 0 Å². The molecule has 1 N–H and O–H groups in total. The first-order valence-corrected chi connectivity index (χ1v) is 9.19. The zero-order chi connectivity index (χ0) is 15.9. The van der Waals surface area contributed by atoms with Gasteiger partial charge in [-0.2, -0.15) is 4.31 Å². The van der Waals surface area contributed by atoms with Crippen LogP contribution in [-0.4, -0.2) is 31.9 Å². The van der Waals surface area contributed by atoms with Gasteiger partial charge in [0.15, 0.2) is 0 Å². The Bertz CT molecular complexity index is 527. The van der Waals surface area contributed by atoms with Gasteiger partial charge in [-0.05, 0) is 44.9 Å². The van der Waals surface area contributed by atoms with Gasteiger partial charge in [0.2, 0.25) is 10.0 Å². The van der Waals surface area contributed by atoms with Crippen molar-refractivity contribution in [1.82, 2.24) is 9.62 Å². The highest BCUT2D eigenvalue weighted by atomic mass is 32.2. The molecule has 1 aromatic rings. The first-order chi connectivity index (χ1) is 9.95. The molecule has 0 fully saturated rings. The summed E-state index contributed by atoms with van der Waals surface area (Å²) in [6.45, 7) is 9.96. The maximum atomic E-state index is 12.9. The molecule has 0 saturated carbocycles. The summed E-state index contributed by atoms with van der Waals surface area (Å²) in [7, 11) is -3.44. The smallest absolute Gasteiger partial charge is 0.243 e. The number of nitrogens with zero attached hydrogens (tertiary/aromatic N) is 1. The molecule has 0 aliphatic carbocycles. The highest BCUT2D eigenvalue weighted by Crippen LogP contribution is 2.22. The average Bonchev–Trinajstić information content (AvgIpc) is 2.45. The lowest BCUT2D eigenvalue weighted by atomic mass is 10.2. The van der Waals surface area contributed by atoms with E-state index in [4.69, 9.17) is 0 Å². The van der Waals surface area contributed by atoms with Gasteiger partial charge in [0, 0.05) is 19.1 Å². The van der Waals surface area contributed by atoms with E-state index in [1.165, 1.54) is 0 Å². The third-order valence-corrected chi connectivity index (χ3v) is 5.50. The number of hydrogen-bond acceptors (Lipinski definition) is 3. The third kappa shape index (κ3) is 4.80. The molecular formula is C16H28N2O2S. The predicted molar refractivity (Wildman–Crippen MR) is 87.8 cm³/mol. The molecule has 4 nitrogen and oxygen atoms in total. The fourth-order valence-corrected chi connectivity index (χ4v) is 4.26. The van der Waals surface area contributed by atoms with Gasteiger partial charge in [0.1, 0.15) is 0 Å². The van der Waals surface area contributed by atoms with Crippen molar-refractivity contribution in [1.29, 1.82) is 0 Å². The Labute approximate surface area is 129 Å². The monoisotopic (exact) mass is 312 g/mol. The second-order valence-corrected chi connectivity index (χ2v) is 7.35. The normalized spacial score (nSPS) is 12.3. The fourth-order valence-electron chi connectivity index (χ4n) is 2.30. The van der Waals surface area contributed by atoms with E-state index in [1.54, 1.807) is 16.4 Å². The first kappa shape index (κ1) is 18.1. The maximum Gasteiger partial charge on any atom is 0.243 e. The van der Waals surface area contributed by atoms with Crippen molar-refractivity contribution in [3.05, 3.63) is 29.8 Å². The molecule has 0 saturated heterocycles. The van der Waals surface area contributed by atoms with Crippen LogP contribution in [0.1, 0.15) is 46.1 Å². The highest BCUT2D eigenvalue weighted by Gasteiger charge is 2.27. The first-order valence-electron chi connectivity index (χ1n) is 7.75. The number of rotatable bonds is 9. The molecule has 0 heterocycles. The second kappa shape index (κ2) is 8.51. The minimum Gasteiger partial charge on any atom is -0.313 e. The Kier molecular flexibility index (Phi) is 7.35. The minimum atomic E-state index is -3.44. The Morgan fingerprint density at radius 2 is 1.81 bits per heavy atom. The highest BCUT2D eigenvalue weighted by molar-refractivity contribution is 7.89. The topological polar surface area (TPSA) is 49.4 Å². The lowest BCUT2D eigenvalue weighted by Crippen LogP contribution is -2.38. The van der Waals surface area contributed by atoms with Crippen molar-refractivity contribution in [2.75, 3.05) is 13.1 Å². The van der Waals surface area contributed by atoms with Crippen LogP contribution in [0.15, 0.2) is 29.2 Å². The molecule has 120 valence electrons. The van der Waals surface area contributed by atoms with Crippen LogP contribution in [0.5, 0.6) is 0 Å². The van der Waals surface area contributed by atoms with Crippen molar-refractivity contribution in [3.8, 4) is 0 Å². The molecule has 0 bridgehead atoms. The minimum absolute atomic E-state index is 0.0355. The van der Waals surface area contributed by atoms with Crippen LogP contribution in [0.4, 0.5) is 0 Å². The van der Waals surface area contributed by atoms with Gasteiger partial charge >= 0.3 is 0 Å². The van der Waals surface area contributed by atoms with Crippen LogP contribution in [0.2, 0.25) is 0 Å². The van der Waals surface area contributed by atoms with Crippen molar-refractivity contribution < 1.29 is 8.42 Å². The summed E-state index contributed by atoms with van der Waals surface area (Å²) in [6.07, 6.45) is 1.84.